The van der Waals surface area contributed by atoms with Crippen molar-refractivity contribution in [3.63, 3.8) is 0 Å². The summed E-state index contributed by atoms with van der Waals surface area (Å²) in [6, 6.07) is 69.8. The molecule has 0 unspecified atom stereocenters. The molecule has 2 aliphatic carbocycles. The Morgan fingerprint density at radius 1 is 0.373 bits per heavy atom. The van der Waals surface area contributed by atoms with Crippen LogP contribution in [0.15, 0.2) is 188 Å². The van der Waals surface area contributed by atoms with Gasteiger partial charge in [0.25, 0.3) is 0 Å². The minimum Gasteiger partial charge on any atom is -0.310 e. The molecule has 0 atom stereocenters. The molecule has 0 fully saturated rings. The van der Waals surface area contributed by atoms with Gasteiger partial charge in [-0.3, -0.25) is 0 Å². The van der Waals surface area contributed by atoms with Gasteiger partial charge in [-0.25, -0.2) is 0 Å². The molecule has 2 heteroatoms. The van der Waals surface area contributed by atoms with E-state index in [0.717, 1.165) is 11.4 Å². The fourth-order valence-electron chi connectivity index (χ4n) is 9.03. The molecule has 1 spiro atoms. The second kappa shape index (κ2) is 10.9. The third kappa shape index (κ3) is 3.97. The number of hydrogen-bond acceptors (Lipinski definition) is 2. The Morgan fingerprint density at radius 2 is 0.902 bits per heavy atom. The number of thiophene rings is 1. The quantitative estimate of drug-likeness (QED) is 0.181. The Bertz CT molecular complexity index is 2750. The van der Waals surface area contributed by atoms with Crippen LogP contribution >= 0.6 is 11.3 Å². The lowest BCUT2D eigenvalue weighted by atomic mass is 9.70. The van der Waals surface area contributed by atoms with E-state index < -0.39 is 5.41 Å². The number of fused-ring (bicyclic) bond motifs is 13. The molecule has 0 radical (unpaired) electrons. The van der Waals surface area contributed by atoms with E-state index in [4.69, 9.17) is 0 Å². The number of anilines is 3. The fraction of sp³-hybridized carbons (Fsp3) is 0.0204. The summed E-state index contributed by atoms with van der Waals surface area (Å²) in [4.78, 5) is 2.51. The average Bonchev–Trinajstić information content (AvgIpc) is 3.83. The maximum absolute atomic E-state index is 2.51. The van der Waals surface area contributed by atoms with E-state index in [1.165, 1.54) is 81.5 Å². The zero-order valence-electron chi connectivity index (χ0n) is 27.8. The van der Waals surface area contributed by atoms with Crippen molar-refractivity contribution in [2.45, 2.75) is 5.41 Å². The minimum absolute atomic E-state index is 0.461. The van der Waals surface area contributed by atoms with Crippen molar-refractivity contribution in [3.05, 3.63) is 210 Å². The van der Waals surface area contributed by atoms with Crippen molar-refractivity contribution >= 4 is 48.6 Å². The molecule has 51 heavy (non-hydrogen) atoms. The van der Waals surface area contributed by atoms with Crippen molar-refractivity contribution in [1.29, 1.82) is 0 Å². The van der Waals surface area contributed by atoms with E-state index in [9.17, 15) is 0 Å². The van der Waals surface area contributed by atoms with E-state index in [-0.39, 0.29) is 0 Å². The summed E-state index contributed by atoms with van der Waals surface area (Å²) in [6.45, 7) is 0. The van der Waals surface area contributed by atoms with Gasteiger partial charge in [0.2, 0.25) is 0 Å². The molecule has 11 rings (SSSR count). The highest BCUT2D eigenvalue weighted by atomic mass is 32.1. The Hall–Kier alpha value is -6.22. The van der Waals surface area contributed by atoms with Crippen LogP contribution in [0.2, 0.25) is 0 Å². The summed E-state index contributed by atoms with van der Waals surface area (Å²) in [7, 11) is 0. The first kappa shape index (κ1) is 28.6. The van der Waals surface area contributed by atoms with Crippen LogP contribution in [0.5, 0.6) is 0 Å². The van der Waals surface area contributed by atoms with Gasteiger partial charge in [0, 0.05) is 37.1 Å². The molecular formula is C49H31NS. The zero-order chi connectivity index (χ0) is 33.5. The van der Waals surface area contributed by atoms with Gasteiger partial charge in [-0.1, -0.05) is 146 Å². The maximum atomic E-state index is 2.51. The molecule has 238 valence electrons. The highest BCUT2D eigenvalue weighted by Gasteiger charge is 2.53. The van der Waals surface area contributed by atoms with Crippen LogP contribution in [0.25, 0.3) is 53.6 Å². The number of rotatable bonds is 4. The van der Waals surface area contributed by atoms with Gasteiger partial charge in [0.15, 0.2) is 0 Å². The van der Waals surface area contributed by atoms with E-state index in [1.54, 1.807) is 0 Å². The molecule has 0 amide bonds. The lowest BCUT2D eigenvalue weighted by Gasteiger charge is -2.36. The highest BCUT2D eigenvalue weighted by Crippen LogP contribution is 2.65. The Kier molecular flexibility index (Phi) is 6.11. The van der Waals surface area contributed by atoms with Crippen LogP contribution in [0.1, 0.15) is 22.3 Å². The highest BCUT2D eigenvalue weighted by molar-refractivity contribution is 7.25. The van der Waals surface area contributed by atoms with Crippen molar-refractivity contribution in [1.82, 2.24) is 0 Å². The van der Waals surface area contributed by atoms with E-state index >= 15 is 0 Å². The Morgan fingerprint density at radius 3 is 1.61 bits per heavy atom. The standard InChI is InChI=1S/C49H31NS/c1-2-13-32(14-3-1)33-25-27-34(28-26-33)50(35-29-30-47-41(31-35)39-18-7-11-24-46(39)51-47)45-23-12-19-40-38-17-6-10-22-44(38)49(48(40)45)42-20-8-4-15-36(42)37-16-5-9-21-43(37)49/h1-31H. The van der Waals surface area contributed by atoms with Gasteiger partial charge in [-0.05, 0) is 92.5 Å². The first-order chi connectivity index (χ1) is 25.3. The molecule has 8 aromatic carbocycles. The van der Waals surface area contributed by atoms with Crippen LogP contribution in [0, 0.1) is 0 Å². The molecule has 9 aromatic rings. The lowest BCUT2D eigenvalue weighted by Crippen LogP contribution is -2.28. The Balaban J connectivity index is 1.23. The number of benzene rings is 8. The van der Waals surface area contributed by atoms with Crippen molar-refractivity contribution < 1.29 is 0 Å². The second-order valence-electron chi connectivity index (χ2n) is 13.6. The molecule has 1 aromatic heterocycles. The molecule has 1 heterocycles. The predicted molar refractivity (Wildman–Crippen MR) is 216 cm³/mol. The SMILES string of the molecule is c1ccc(-c2ccc(N(c3ccc4sc5ccccc5c4c3)c3cccc4c3C3(c5ccccc5-c5ccccc53)c3ccccc3-4)cc2)cc1. The summed E-state index contributed by atoms with van der Waals surface area (Å²) in [5, 5.41) is 2.60. The van der Waals surface area contributed by atoms with Crippen LogP contribution in [-0.4, -0.2) is 0 Å². The summed E-state index contributed by atoms with van der Waals surface area (Å²) >= 11 is 1.87. The largest absolute Gasteiger partial charge is 0.310 e. The summed E-state index contributed by atoms with van der Waals surface area (Å²) in [6.07, 6.45) is 0. The van der Waals surface area contributed by atoms with E-state index in [2.05, 4.69) is 193 Å². The Labute approximate surface area is 301 Å². The molecule has 0 bridgehead atoms. The summed E-state index contributed by atoms with van der Waals surface area (Å²) < 4.78 is 2.62. The monoisotopic (exact) mass is 665 g/mol. The van der Waals surface area contributed by atoms with Gasteiger partial charge in [-0.15, -0.1) is 11.3 Å². The van der Waals surface area contributed by atoms with Crippen LogP contribution in [0.3, 0.4) is 0 Å². The van der Waals surface area contributed by atoms with Gasteiger partial charge >= 0.3 is 0 Å². The van der Waals surface area contributed by atoms with Crippen LogP contribution < -0.4 is 4.90 Å². The van der Waals surface area contributed by atoms with Gasteiger partial charge in [-0.2, -0.15) is 0 Å². The third-order valence-corrected chi connectivity index (χ3v) is 12.2. The van der Waals surface area contributed by atoms with Crippen LogP contribution in [-0.2, 0) is 5.41 Å². The van der Waals surface area contributed by atoms with Gasteiger partial charge in [0.05, 0.1) is 11.1 Å². The molecule has 0 saturated heterocycles. The molecular weight excluding hydrogens is 635 g/mol. The van der Waals surface area contributed by atoms with Crippen molar-refractivity contribution in [2.24, 2.45) is 0 Å². The maximum Gasteiger partial charge on any atom is 0.0746 e. The normalized spacial score (nSPS) is 13.3. The van der Waals surface area contributed by atoms with Gasteiger partial charge < -0.3 is 4.90 Å². The van der Waals surface area contributed by atoms with E-state index in [0.29, 0.717) is 0 Å². The predicted octanol–water partition coefficient (Wildman–Crippen LogP) is 13.5. The smallest absolute Gasteiger partial charge is 0.0746 e. The zero-order valence-corrected chi connectivity index (χ0v) is 28.6. The lowest BCUT2D eigenvalue weighted by molar-refractivity contribution is 0.793. The minimum atomic E-state index is -0.461. The number of hydrogen-bond donors (Lipinski definition) is 0. The average molecular weight is 666 g/mol. The van der Waals surface area contributed by atoms with Crippen molar-refractivity contribution in [3.8, 4) is 33.4 Å². The van der Waals surface area contributed by atoms with Gasteiger partial charge in [0.1, 0.15) is 0 Å². The molecule has 1 nitrogen and oxygen atoms in total. The second-order valence-corrected chi connectivity index (χ2v) is 14.7. The molecule has 0 aliphatic heterocycles. The summed E-state index contributed by atoms with van der Waals surface area (Å²) in [5.74, 6) is 0. The molecule has 0 saturated carbocycles. The first-order valence-corrected chi connectivity index (χ1v) is 18.4. The van der Waals surface area contributed by atoms with Crippen LogP contribution in [0.4, 0.5) is 17.1 Å². The fourth-order valence-corrected chi connectivity index (χ4v) is 10.1. The van der Waals surface area contributed by atoms with Crippen molar-refractivity contribution in [2.75, 3.05) is 4.90 Å². The molecule has 0 N–H and O–H groups in total. The first-order valence-electron chi connectivity index (χ1n) is 17.6. The third-order valence-electron chi connectivity index (χ3n) is 11.1. The molecule has 2 aliphatic rings. The van der Waals surface area contributed by atoms with E-state index in [1.807, 2.05) is 11.3 Å². The topological polar surface area (TPSA) is 3.24 Å². The summed E-state index contributed by atoms with van der Waals surface area (Å²) in [5.41, 5.74) is 16.1. The number of nitrogens with zero attached hydrogens (tertiary/aromatic N) is 1.